The van der Waals surface area contributed by atoms with Crippen LogP contribution in [-0.4, -0.2) is 144 Å². The van der Waals surface area contributed by atoms with Crippen molar-refractivity contribution in [2.24, 2.45) is 0 Å². The number of benzene rings is 4. The Morgan fingerprint density at radius 3 is 0.500 bits per heavy atom. The zero-order valence-corrected chi connectivity index (χ0v) is 38.2. The molecule has 60 heavy (non-hydrogen) atoms. The molecule has 0 atom stereocenters. The Balaban J connectivity index is -0.000000341. The van der Waals surface area contributed by atoms with Crippen molar-refractivity contribution in [3.8, 4) is 0 Å². The molecule has 20 heteroatoms. The average molecular weight is 926 g/mol. The Morgan fingerprint density at radius 1 is 0.317 bits per heavy atom. The predicted molar refractivity (Wildman–Crippen MR) is 237 cm³/mol. The maximum atomic E-state index is 10.6. The van der Waals surface area contributed by atoms with E-state index in [2.05, 4.69) is 0 Å². The fraction of sp³-hybridized carbons (Fsp3) is 0.200. The van der Waals surface area contributed by atoms with Crippen LogP contribution in [0.25, 0.3) is 0 Å². The second-order valence-electron chi connectivity index (χ2n) is 12.5. The number of amidine groups is 4. The van der Waals surface area contributed by atoms with Gasteiger partial charge in [-0.1, -0.05) is 48.5 Å². The largest absolute Gasteiger partial charge is 0.478 e. The third kappa shape index (κ3) is 20.3. The first kappa shape index (κ1) is 60.9. The first-order valence-corrected chi connectivity index (χ1v) is 16.5. The van der Waals surface area contributed by atoms with E-state index in [1.54, 1.807) is 125 Å². The summed E-state index contributed by atoms with van der Waals surface area (Å²) in [6, 6.07) is 25.0. The van der Waals surface area contributed by atoms with Crippen molar-refractivity contribution in [2.75, 3.05) is 56.4 Å². The molecule has 0 amide bonds. The van der Waals surface area contributed by atoms with Gasteiger partial charge in [-0.15, -0.1) is 37.2 Å². The molecule has 0 bridgehead atoms. The molecule has 0 aliphatic rings. The van der Waals surface area contributed by atoms with Gasteiger partial charge in [0.2, 0.25) is 0 Å². The Labute approximate surface area is 383 Å². The summed E-state index contributed by atoms with van der Waals surface area (Å²) in [5.41, 5.74) is 3.78. The van der Waals surface area contributed by atoms with Crippen LogP contribution in [0.3, 0.4) is 0 Å². The summed E-state index contributed by atoms with van der Waals surface area (Å²) in [6.07, 6.45) is 0. The van der Waals surface area contributed by atoms with Crippen molar-refractivity contribution in [1.29, 1.82) is 21.6 Å². The molecule has 0 unspecified atom stereocenters. The Hall–Kier alpha value is -5.78. The van der Waals surface area contributed by atoms with E-state index < -0.39 is 23.9 Å². The number of aromatic carboxylic acids is 4. The fourth-order valence-electron chi connectivity index (χ4n) is 4.12. The van der Waals surface area contributed by atoms with E-state index in [9.17, 15) is 19.2 Å². The van der Waals surface area contributed by atoms with Gasteiger partial charge in [0.25, 0.3) is 0 Å². The van der Waals surface area contributed by atoms with Gasteiger partial charge in [0.1, 0.15) is 23.3 Å². The number of nitrogens with one attached hydrogen (secondary N) is 4. The maximum Gasteiger partial charge on any atom is 0.335 e. The van der Waals surface area contributed by atoms with Crippen molar-refractivity contribution in [3.05, 3.63) is 142 Å². The molecule has 0 fully saturated rings. The molecule has 16 nitrogen and oxygen atoms in total. The molecule has 0 saturated heterocycles. The number of hydrogen-bond donors (Lipinski definition) is 8. The van der Waals surface area contributed by atoms with E-state index in [0.717, 1.165) is 0 Å². The second kappa shape index (κ2) is 29.4. The zero-order valence-electron chi connectivity index (χ0n) is 34.2. The van der Waals surface area contributed by atoms with Crippen LogP contribution >= 0.6 is 37.2 Å². The molecule has 0 aromatic heterocycles. The minimum Gasteiger partial charge on any atom is -0.478 e. The monoisotopic (exact) mass is 924 g/mol. The van der Waals surface area contributed by atoms with Gasteiger partial charge in [-0.3, -0.25) is 21.6 Å². The van der Waals surface area contributed by atoms with Crippen molar-refractivity contribution in [1.82, 2.24) is 19.6 Å². The SMILES string of the molecule is CN(C)C(=N)c1ccc(C(=O)O)cc1.CN(C)C(=N)c1ccc(C(=O)O)cc1.CN(C)C(=N)c1ccc(C(=O)O)cc1.CN(C)C(=N)c1ccc(C(=O)O)cc1.Cl.Cl.Cl.[Ti]. The fourth-order valence-corrected chi connectivity index (χ4v) is 4.12. The number of rotatable bonds is 8. The molecule has 324 valence electrons. The van der Waals surface area contributed by atoms with Crippen molar-refractivity contribution >= 4 is 84.4 Å². The summed E-state index contributed by atoms with van der Waals surface area (Å²) in [5.74, 6) is -2.35. The van der Waals surface area contributed by atoms with Gasteiger partial charge in [0.05, 0.1) is 22.3 Å². The minimum absolute atomic E-state index is 0. The van der Waals surface area contributed by atoms with Crippen LogP contribution in [0.2, 0.25) is 0 Å². The number of nitrogens with zero attached hydrogens (tertiary/aromatic N) is 4. The van der Waals surface area contributed by atoms with Crippen LogP contribution in [0.4, 0.5) is 0 Å². The number of hydrogen-bond acceptors (Lipinski definition) is 8. The van der Waals surface area contributed by atoms with Crippen molar-refractivity contribution < 1.29 is 61.3 Å². The predicted octanol–water partition coefficient (Wildman–Crippen LogP) is 6.35. The Bertz CT molecular complexity index is 1740. The number of carboxylic acids is 4. The van der Waals surface area contributed by atoms with E-state index in [4.69, 9.17) is 42.1 Å². The van der Waals surface area contributed by atoms with Crippen LogP contribution < -0.4 is 0 Å². The molecule has 8 N–H and O–H groups in total. The molecule has 0 saturated carbocycles. The van der Waals surface area contributed by atoms with E-state index in [1.807, 2.05) is 0 Å². The molecule has 4 aromatic rings. The van der Waals surface area contributed by atoms with Crippen LogP contribution in [0.15, 0.2) is 97.1 Å². The number of carboxylic acid groups (broad SMARTS) is 4. The standard InChI is InChI=1S/4C10H12N2O2.3ClH.Ti/c4*1-12(2)9(11)7-3-5-8(6-4-7)10(13)14;;;;/h4*3-6,11H,1-2H3,(H,13,14);3*1H;. The van der Waals surface area contributed by atoms with Crippen molar-refractivity contribution in [2.45, 2.75) is 0 Å². The van der Waals surface area contributed by atoms with E-state index in [0.29, 0.717) is 45.6 Å². The van der Waals surface area contributed by atoms with Crippen LogP contribution in [0, 0.1) is 21.6 Å². The third-order valence-electron chi connectivity index (χ3n) is 7.41. The van der Waals surface area contributed by atoms with Crippen LogP contribution in [-0.2, 0) is 21.7 Å². The van der Waals surface area contributed by atoms with Crippen LogP contribution in [0.1, 0.15) is 63.7 Å². The van der Waals surface area contributed by atoms with E-state index in [-0.39, 0.29) is 81.2 Å². The topological polar surface area (TPSA) is 258 Å². The zero-order chi connectivity index (χ0) is 42.9. The molecule has 4 rings (SSSR count). The average Bonchev–Trinajstić information content (AvgIpc) is 3.17. The summed E-state index contributed by atoms with van der Waals surface area (Å²) in [6.45, 7) is 0. The van der Waals surface area contributed by atoms with Gasteiger partial charge in [0, 0.05) is 100 Å². The number of halogens is 3. The normalized spacial score (nSPS) is 8.93. The van der Waals surface area contributed by atoms with Gasteiger partial charge in [0.15, 0.2) is 0 Å². The number of carbonyl (C=O) groups is 4. The van der Waals surface area contributed by atoms with E-state index in [1.165, 1.54) is 48.5 Å². The Morgan fingerprint density at radius 2 is 0.417 bits per heavy atom. The first-order chi connectivity index (χ1) is 26.1. The quantitative estimate of drug-likeness (QED) is 0.0547. The van der Waals surface area contributed by atoms with Gasteiger partial charge < -0.3 is 40.0 Å². The third-order valence-corrected chi connectivity index (χ3v) is 7.41. The molecular formula is C40H51Cl3N8O8Ti. The van der Waals surface area contributed by atoms with Gasteiger partial charge in [-0.2, -0.15) is 0 Å². The summed E-state index contributed by atoms with van der Waals surface area (Å²) in [5, 5.41) is 65.2. The van der Waals surface area contributed by atoms with Gasteiger partial charge >= 0.3 is 23.9 Å². The molecule has 4 aromatic carbocycles. The summed E-state index contributed by atoms with van der Waals surface area (Å²) in [4.78, 5) is 48.9. The molecule has 0 radical (unpaired) electrons. The molecule has 0 heterocycles. The second-order valence-corrected chi connectivity index (χ2v) is 12.5. The van der Waals surface area contributed by atoms with Crippen LogP contribution in [0.5, 0.6) is 0 Å². The van der Waals surface area contributed by atoms with Gasteiger partial charge in [-0.05, 0) is 48.5 Å². The molecule has 0 aliphatic carbocycles. The molecular weight excluding hydrogens is 875 g/mol. The molecule has 0 aliphatic heterocycles. The summed E-state index contributed by atoms with van der Waals surface area (Å²) in [7, 11) is 14.2. The first-order valence-electron chi connectivity index (χ1n) is 16.5. The minimum atomic E-state index is -0.951. The maximum absolute atomic E-state index is 10.6. The summed E-state index contributed by atoms with van der Waals surface area (Å²) >= 11 is 0. The van der Waals surface area contributed by atoms with E-state index >= 15 is 0 Å². The molecule has 0 spiro atoms. The smallest absolute Gasteiger partial charge is 0.335 e. The Kier molecular flexibility index (Phi) is 29.9. The van der Waals surface area contributed by atoms with Gasteiger partial charge in [-0.25, -0.2) is 19.2 Å². The summed E-state index contributed by atoms with van der Waals surface area (Å²) < 4.78 is 0. The van der Waals surface area contributed by atoms with Crippen molar-refractivity contribution in [3.63, 3.8) is 0 Å².